The fraction of sp³-hybridized carbons (Fsp3) is 0.846. The van der Waals surface area contributed by atoms with Gasteiger partial charge in [-0.2, -0.15) is 0 Å². The van der Waals surface area contributed by atoms with Gasteiger partial charge in [0.1, 0.15) is 5.54 Å². The van der Waals surface area contributed by atoms with Crippen molar-refractivity contribution in [3.05, 3.63) is 0 Å². The maximum absolute atomic E-state index is 11.8. The lowest BCUT2D eigenvalue weighted by Crippen LogP contribution is -2.58. The zero-order chi connectivity index (χ0) is 14.3. The van der Waals surface area contributed by atoms with E-state index in [1.54, 1.807) is 0 Å². The number of carbonyl (C=O) groups is 2. The second-order valence-corrected chi connectivity index (χ2v) is 5.41. The van der Waals surface area contributed by atoms with Crippen molar-refractivity contribution in [2.75, 3.05) is 20.1 Å². The maximum atomic E-state index is 11.8. The molecule has 0 heterocycles. The molecule has 0 aromatic heterocycles. The SMILES string of the molecule is CNCCCNC(=O)NC1(C(=O)O)CCC(C)CC1. The van der Waals surface area contributed by atoms with E-state index >= 15 is 0 Å². The summed E-state index contributed by atoms with van der Waals surface area (Å²) in [5, 5.41) is 17.7. The van der Waals surface area contributed by atoms with Gasteiger partial charge in [-0.15, -0.1) is 0 Å². The van der Waals surface area contributed by atoms with Crippen LogP contribution in [-0.2, 0) is 4.79 Å². The number of rotatable bonds is 6. The molecule has 0 saturated heterocycles. The number of hydrogen-bond donors (Lipinski definition) is 4. The number of hydrogen-bond acceptors (Lipinski definition) is 3. The van der Waals surface area contributed by atoms with Crippen molar-refractivity contribution in [2.24, 2.45) is 5.92 Å². The Kier molecular flexibility index (Phi) is 6.08. The molecule has 6 heteroatoms. The zero-order valence-electron chi connectivity index (χ0n) is 11.8. The van der Waals surface area contributed by atoms with Crippen molar-refractivity contribution in [2.45, 2.75) is 44.6 Å². The van der Waals surface area contributed by atoms with Crippen LogP contribution in [0.3, 0.4) is 0 Å². The van der Waals surface area contributed by atoms with Crippen molar-refractivity contribution in [3.63, 3.8) is 0 Å². The highest BCUT2D eigenvalue weighted by atomic mass is 16.4. The summed E-state index contributed by atoms with van der Waals surface area (Å²) < 4.78 is 0. The first-order chi connectivity index (χ1) is 9.00. The minimum Gasteiger partial charge on any atom is -0.480 e. The van der Waals surface area contributed by atoms with Gasteiger partial charge in [0.25, 0.3) is 0 Å². The smallest absolute Gasteiger partial charge is 0.329 e. The van der Waals surface area contributed by atoms with Gasteiger partial charge < -0.3 is 21.1 Å². The Morgan fingerprint density at radius 2 is 1.89 bits per heavy atom. The van der Waals surface area contributed by atoms with Crippen LogP contribution in [0.25, 0.3) is 0 Å². The number of carboxylic acid groups (broad SMARTS) is 1. The molecule has 1 fully saturated rings. The van der Waals surface area contributed by atoms with Gasteiger partial charge in [-0.1, -0.05) is 6.92 Å². The van der Waals surface area contributed by atoms with Crippen molar-refractivity contribution in [1.29, 1.82) is 0 Å². The molecule has 0 aliphatic heterocycles. The van der Waals surface area contributed by atoms with Crippen LogP contribution in [0.5, 0.6) is 0 Å². The average Bonchev–Trinajstić information content (AvgIpc) is 2.37. The van der Waals surface area contributed by atoms with Crippen LogP contribution in [0.2, 0.25) is 0 Å². The molecule has 0 atom stereocenters. The number of nitrogens with one attached hydrogen (secondary N) is 3. The Morgan fingerprint density at radius 1 is 1.26 bits per heavy atom. The second kappa shape index (κ2) is 7.33. The summed E-state index contributed by atoms with van der Waals surface area (Å²) in [6, 6.07) is -0.381. The normalized spacial score (nSPS) is 26.7. The van der Waals surface area contributed by atoms with E-state index in [0.29, 0.717) is 25.3 Å². The molecular formula is C13H25N3O3. The first-order valence-corrected chi connectivity index (χ1v) is 6.94. The Bertz CT molecular complexity index is 312. The number of urea groups is 1. The highest BCUT2D eigenvalue weighted by molar-refractivity contribution is 5.86. The minimum atomic E-state index is -1.08. The topological polar surface area (TPSA) is 90.5 Å². The largest absolute Gasteiger partial charge is 0.480 e. The van der Waals surface area contributed by atoms with E-state index in [9.17, 15) is 14.7 Å². The predicted molar refractivity (Wildman–Crippen MR) is 73.1 cm³/mol. The molecular weight excluding hydrogens is 246 g/mol. The van der Waals surface area contributed by atoms with Crippen molar-refractivity contribution in [1.82, 2.24) is 16.0 Å². The van der Waals surface area contributed by atoms with Crippen molar-refractivity contribution >= 4 is 12.0 Å². The summed E-state index contributed by atoms with van der Waals surface area (Å²) in [7, 11) is 1.85. The molecule has 6 nitrogen and oxygen atoms in total. The molecule has 19 heavy (non-hydrogen) atoms. The van der Waals surface area contributed by atoms with Crippen LogP contribution >= 0.6 is 0 Å². The molecule has 2 amide bonds. The van der Waals surface area contributed by atoms with E-state index in [-0.39, 0.29) is 6.03 Å². The van der Waals surface area contributed by atoms with Gasteiger partial charge in [-0.25, -0.2) is 9.59 Å². The van der Waals surface area contributed by atoms with Crippen LogP contribution in [-0.4, -0.2) is 42.8 Å². The molecule has 4 N–H and O–H groups in total. The monoisotopic (exact) mass is 271 g/mol. The van der Waals surface area contributed by atoms with Crippen LogP contribution in [0.4, 0.5) is 4.79 Å². The second-order valence-electron chi connectivity index (χ2n) is 5.41. The highest BCUT2D eigenvalue weighted by Crippen LogP contribution is 2.32. The number of carbonyl (C=O) groups excluding carboxylic acids is 1. The summed E-state index contributed by atoms with van der Waals surface area (Å²) in [5.41, 5.74) is -1.08. The third-order valence-corrected chi connectivity index (χ3v) is 3.78. The molecule has 0 aromatic carbocycles. The Labute approximate surface area is 114 Å². The maximum Gasteiger partial charge on any atom is 0.329 e. The van der Waals surface area contributed by atoms with Gasteiger partial charge in [-0.05, 0) is 51.6 Å². The van der Waals surface area contributed by atoms with Crippen LogP contribution in [0.15, 0.2) is 0 Å². The lowest BCUT2D eigenvalue weighted by molar-refractivity contribution is -0.146. The highest BCUT2D eigenvalue weighted by Gasteiger charge is 2.42. The van der Waals surface area contributed by atoms with Gasteiger partial charge in [0.2, 0.25) is 0 Å². The lowest BCUT2D eigenvalue weighted by Gasteiger charge is -2.36. The quantitative estimate of drug-likeness (QED) is 0.541. The van der Waals surface area contributed by atoms with E-state index in [1.165, 1.54) is 0 Å². The fourth-order valence-corrected chi connectivity index (χ4v) is 2.38. The molecule has 1 aliphatic rings. The molecule has 0 radical (unpaired) electrons. The molecule has 1 aliphatic carbocycles. The molecule has 1 rings (SSSR count). The summed E-state index contributed by atoms with van der Waals surface area (Å²) >= 11 is 0. The van der Waals surface area contributed by atoms with Gasteiger partial charge in [0.15, 0.2) is 0 Å². The molecule has 110 valence electrons. The van der Waals surface area contributed by atoms with E-state index in [2.05, 4.69) is 22.9 Å². The van der Waals surface area contributed by atoms with Crippen LogP contribution in [0, 0.1) is 5.92 Å². The lowest BCUT2D eigenvalue weighted by atomic mass is 9.77. The third-order valence-electron chi connectivity index (χ3n) is 3.78. The van der Waals surface area contributed by atoms with Crippen LogP contribution in [0.1, 0.15) is 39.0 Å². The minimum absolute atomic E-state index is 0.381. The number of amides is 2. The average molecular weight is 271 g/mol. The Morgan fingerprint density at radius 3 is 2.42 bits per heavy atom. The van der Waals surface area contributed by atoms with Gasteiger partial charge in [0, 0.05) is 6.54 Å². The van der Waals surface area contributed by atoms with Gasteiger partial charge >= 0.3 is 12.0 Å². The molecule has 0 aromatic rings. The van der Waals surface area contributed by atoms with Gasteiger partial charge in [0.05, 0.1) is 0 Å². The molecule has 0 bridgehead atoms. The number of carboxylic acids is 1. The fourth-order valence-electron chi connectivity index (χ4n) is 2.38. The number of aliphatic carboxylic acids is 1. The zero-order valence-corrected chi connectivity index (χ0v) is 11.8. The standard InChI is InChI=1S/C13H25N3O3/c1-10-4-6-13(7-5-10,11(17)18)16-12(19)15-9-3-8-14-2/h10,14H,3-9H2,1-2H3,(H,17,18)(H2,15,16,19). The van der Waals surface area contributed by atoms with Crippen LogP contribution < -0.4 is 16.0 Å². The summed E-state index contributed by atoms with van der Waals surface area (Å²) in [4.78, 5) is 23.2. The summed E-state index contributed by atoms with van der Waals surface area (Å²) in [6.45, 7) is 3.48. The van der Waals surface area contributed by atoms with E-state index in [4.69, 9.17) is 0 Å². The first-order valence-electron chi connectivity index (χ1n) is 6.94. The van der Waals surface area contributed by atoms with Crippen molar-refractivity contribution in [3.8, 4) is 0 Å². The third kappa shape index (κ3) is 4.70. The summed E-state index contributed by atoms with van der Waals surface area (Å²) in [5.74, 6) is -0.391. The molecule has 0 spiro atoms. The van der Waals surface area contributed by atoms with Gasteiger partial charge in [-0.3, -0.25) is 0 Å². The Balaban J connectivity index is 2.45. The summed E-state index contributed by atoms with van der Waals surface area (Å²) in [6.07, 6.45) is 3.51. The van der Waals surface area contributed by atoms with E-state index in [0.717, 1.165) is 25.8 Å². The molecule has 0 unspecified atom stereocenters. The first kappa shape index (κ1) is 15.8. The molecule has 1 saturated carbocycles. The van der Waals surface area contributed by atoms with E-state index in [1.807, 2.05) is 7.05 Å². The Hall–Kier alpha value is -1.30. The van der Waals surface area contributed by atoms with E-state index < -0.39 is 11.5 Å². The van der Waals surface area contributed by atoms with Crippen molar-refractivity contribution < 1.29 is 14.7 Å². The predicted octanol–water partition coefficient (Wildman–Crippen LogP) is 0.929.